The maximum Gasteiger partial charge on any atom is 0.364 e. The minimum atomic E-state index is -3.08. The summed E-state index contributed by atoms with van der Waals surface area (Å²) >= 11 is 0. The predicted octanol–water partition coefficient (Wildman–Crippen LogP) is 15.4. The van der Waals surface area contributed by atoms with Gasteiger partial charge >= 0.3 is 5.97 Å². The van der Waals surface area contributed by atoms with E-state index in [9.17, 15) is 75.7 Å². The third-order valence-corrected chi connectivity index (χ3v) is 23.7. The number of hydrogen-bond acceptors (Lipinski definition) is 20. The molecule has 3 rings (SSSR count). The zero-order chi connectivity index (χ0) is 83.1. The molecule has 3 saturated heterocycles. The lowest BCUT2D eigenvalue weighted by Crippen LogP contribution is -2.70. The number of carboxylic acids is 1. The fourth-order valence-corrected chi connectivity index (χ4v) is 16.3. The summed E-state index contributed by atoms with van der Waals surface area (Å²) in [5, 5.41) is 137. The molecule has 114 heavy (non-hydrogen) atoms. The first kappa shape index (κ1) is 105. The molecule has 670 valence electrons. The smallest absolute Gasteiger partial charge is 0.364 e. The van der Waals surface area contributed by atoms with Gasteiger partial charge in [-0.2, -0.15) is 0 Å². The molecule has 0 aromatic rings. The highest BCUT2D eigenvalue weighted by Gasteiger charge is 2.60. The van der Waals surface area contributed by atoms with Crippen LogP contribution in [0.3, 0.4) is 0 Å². The summed E-state index contributed by atoms with van der Waals surface area (Å²) in [5.74, 6) is -6.09. The molecule has 0 aromatic carbocycles. The number of amides is 2. The minimum absolute atomic E-state index is 0.226. The Kier molecular flexibility index (Phi) is 63.6. The van der Waals surface area contributed by atoms with E-state index in [4.69, 9.17) is 28.4 Å². The number of carbonyl (C=O) groups excluding carboxylic acids is 2. The number of aliphatic hydroxyl groups excluding tert-OH is 11. The molecule has 0 aromatic heterocycles. The molecule has 18 unspecified atom stereocenters. The Hall–Kier alpha value is -2.79. The Bertz CT molecular complexity index is 2340. The number of hydrogen-bond donors (Lipinski definition) is 14. The standard InChI is InChI=1S/C91H170N2O21/c1-4-6-8-10-12-14-16-18-20-22-24-26-28-29-30-31-32-33-34-35-36-37-38-39-40-41-43-45-47-49-51-53-55-57-59-61-63-65-78(101)93-72(73(98)64-62-60-58-56-54-52-50-48-46-44-42-27-25-23-21-19-17-15-13-11-9-7-5-2)70-109-88-83(105)82(104)85(77(69-96)111-88)112-89-84(106)87(81(103)76(68-95)110-89)114-91(90(107)108)66-74(99)79(92-71(3)97)86(113-91)80(102)75(100)67-94/h30-31,33-34,72-77,79-89,94-96,98-100,102-106H,4-29,32,35-70H2,1-3H3,(H,92,97)(H,93,101)(H,107,108)/b31-30-,34-33-. The van der Waals surface area contributed by atoms with Crippen LogP contribution >= 0.6 is 0 Å². The van der Waals surface area contributed by atoms with Gasteiger partial charge in [0.25, 0.3) is 5.79 Å². The van der Waals surface area contributed by atoms with Gasteiger partial charge in [-0.3, -0.25) is 9.59 Å². The first-order valence-corrected chi connectivity index (χ1v) is 46.7. The minimum Gasteiger partial charge on any atom is -0.477 e. The van der Waals surface area contributed by atoms with Crippen LogP contribution in [0.2, 0.25) is 0 Å². The topological polar surface area (TPSA) is 373 Å². The highest BCUT2D eigenvalue weighted by molar-refractivity contribution is 5.77. The number of carbonyl (C=O) groups is 3. The Morgan fingerprint density at radius 2 is 0.842 bits per heavy atom. The van der Waals surface area contributed by atoms with Gasteiger partial charge in [0.05, 0.1) is 50.7 Å². The molecule has 0 aliphatic carbocycles. The van der Waals surface area contributed by atoms with Crippen molar-refractivity contribution in [2.24, 2.45) is 0 Å². The number of ether oxygens (including phenoxy) is 6. The maximum atomic E-state index is 13.6. The van der Waals surface area contributed by atoms with Crippen molar-refractivity contribution < 1.29 is 104 Å². The number of carboxylic acid groups (broad SMARTS) is 1. The Labute approximate surface area is 689 Å². The Balaban J connectivity index is 1.42. The van der Waals surface area contributed by atoms with Crippen LogP contribution in [0, 0.1) is 0 Å². The van der Waals surface area contributed by atoms with Gasteiger partial charge < -0.3 is 100 Å². The van der Waals surface area contributed by atoms with Crippen LogP contribution in [0.15, 0.2) is 24.3 Å². The third kappa shape index (κ3) is 46.9. The SMILES string of the molecule is CCCCCCCCCCCCCCC/C=C\C/C=C\CCCCCCCCCCCCCCCCCCCC(=O)NC(COC1OC(CO)C(OC2OC(CO)C(O)C(OC3(C(=O)O)CC(O)C(NC(C)=O)C(C(O)C(O)CO)O3)C2O)C(O)C1O)C(O)CCCCCCCCCCCCCCCCCCCCCCCCC. The van der Waals surface area contributed by atoms with Crippen molar-refractivity contribution in [2.45, 2.75) is 509 Å². The van der Waals surface area contributed by atoms with Crippen molar-refractivity contribution >= 4 is 17.8 Å². The molecule has 23 heteroatoms. The second-order valence-electron chi connectivity index (χ2n) is 33.9. The maximum absolute atomic E-state index is 13.6. The molecular weight excluding hydrogens is 1460 g/mol. The summed E-state index contributed by atoms with van der Waals surface area (Å²) < 4.78 is 35.1. The molecule has 14 N–H and O–H groups in total. The normalized spacial score (nSPS) is 25.2. The van der Waals surface area contributed by atoms with Crippen LogP contribution < -0.4 is 10.6 Å². The number of unbranched alkanes of at least 4 members (excludes halogenated alkanes) is 52. The van der Waals surface area contributed by atoms with Gasteiger partial charge in [-0.05, 0) is 44.9 Å². The van der Waals surface area contributed by atoms with E-state index < -0.39 is 148 Å². The number of aliphatic hydroxyl groups is 11. The average Bonchev–Trinajstić information content (AvgIpc) is 0.753. The molecule has 3 aliphatic rings. The van der Waals surface area contributed by atoms with Gasteiger partial charge in [-0.25, -0.2) is 4.79 Å². The first-order valence-electron chi connectivity index (χ1n) is 46.7. The van der Waals surface area contributed by atoms with Gasteiger partial charge in [0.1, 0.15) is 67.1 Å². The molecule has 3 aliphatic heterocycles. The van der Waals surface area contributed by atoms with Crippen LogP contribution in [-0.2, 0) is 42.8 Å². The molecule has 0 radical (unpaired) electrons. The quantitative estimate of drug-likeness (QED) is 0.0199. The number of nitrogens with one attached hydrogen (secondary N) is 2. The average molecular weight is 1630 g/mol. The Morgan fingerprint density at radius 1 is 0.456 bits per heavy atom. The van der Waals surface area contributed by atoms with E-state index in [2.05, 4.69) is 48.8 Å². The summed E-state index contributed by atoms with van der Waals surface area (Å²) in [6.07, 6.45) is 51.9. The predicted molar refractivity (Wildman–Crippen MR) is 449 cm³/mol. The monoisotopic (exact) mass is 1630 g/mol. The van der Waals surface area contributed by atoms with E-state index >= 15 is 0 Å². The van der Waals surface area contributed by atoms with Crippen molar-refractivity contribution in [2.75, 3.05) is 26.4 Å². The van der Waals surface area contributed by atoms with Crippen LogP contribution in [-0.4, -0.2) is 215 Å². The van der Waals surface area contributed by atoms with Gasteiger partial charge in [-0.15, -0.1) is 0 Å². The largest absolute Gasteiger partial charge is 0.477 e. The lowest BCUT2D eigenvalue weighted by Gasteiger charge is -2.50. The van der Waals surface area contributed by atoms with E-state index in [0.717, 1.165) is 64.7 Å². The third-order valence-electron chi connectivity index (χ3n) is 23.7. The molecule has 23 nitrogen and oxygen atoms in total. The molecule has 0 bridgehead atoms. The summed E-state index contributed by atoms with van der Waals surface area (Å²) in [7, 11) is 0. The molecule has 18 atom stereocenters. The van der Waals surface area contributed by atoms with Crippen molar-refractivity contribution in [1.82, 2.24) is 10.6 Å². The van der Waals surface area contributed by atoms with E-state index in [0.29, 0.717) is 19.3 Å². The van der Waals surface area contributed by atoms with Gasteiger partial charge in [0.2, 0.25) is 11.8 Å². The molecular formula is C91H170N2O21. The number of allylic oxidation sites excluding steroid dienone is 4. The van der Waals surface area contributed by atoms with Crippen molar-refractivity contribution in [3.05, 3.63) is 24.3 Å². The molecule has 3 heterocycles. The van der Waals surface area contributed by atoms with Gasteiger partial charge in [0, 0.05) is 19.8 Å². The summed E-state index contributed by atoms with van der Waals surface area (Å²) in [6, 6.07) is -2.53. The Morgan fingerprint density at radius 3 is 1.23 bits per heavy atom. The lowest BCUT2D eigenvalue weighted by atomic mass is 9.88. The van der Waals surface area contributed by atoms with Crippen LogP contribution in [0.4, 0.5) is 0 Å². The van der Waals surface area contributed by atoms with Crippen LogP contribution in [0.25, 0.3) is 0 Å². The highest BCUT2D eigenvalue weighted by Crippen LogP contribution is 2.39. The van der Waals surface area contributed by atoms with Crippen molar-refractivity contribution in [3.63, 3.8) is 0 Å². The zero-order valence-electron chi connectivity index (χ0n) is 71.7. The zero-order valence-corrected chi connectivity index (χ0v) is 71.7. The summed E-state index contributed by atoms with van der Waals surface area (Å²) in [4.78, 5) is 38.8. The fourth-order valence-electron chi connectivity index (χ4n) is 16.3. The van der Waals surface area contributed by atoms with Gasteiger partial charge in [0.15, 0.2) is 12.6 Å². The van der Waals surface area contributed by atoms with E-state index in [1.165, 1.54) is 289 Å². The van der Waals surface area contributed by atoms with Crippen LogP contribution in [0.1, 0.15) is 400 Å². The number of rotatable bonds is 76. The van der Waals surface area contributed by atoms with Crippen molar-refractivity contribution in [3.8, 4) is 0 Å². The summed E-state index contributed by atoms with van der Waals surface area (Å²) in [6.45, 7) is 2.28. The molecule has 0 spiro atoms. The molecule has 0 saturated carbocycles. The first-order chi connectivity index (χ1) is 55.4. The van der Waals surface area contributed by atoms with E-state index in [-0.39, 0.29) is 18.9 Å². The van der Waals surface area contributed by atoms with E-state index in [1.807, 2.05) is 0 Å². The second kappa shape index (κ2) is 68.8. The fraction of sp³-hybridized carbons (Fsp3) is 0.923. The molecule has 2 amide bonds. The van der Waals surface area contributed by atoms with Crippen LogP contribution in [0.5, 0.6) is 0 Å². The van der Waals surface area contributed by atoms with Gasteiger partial charge in [-0.1, -0.05) is 359 Å². The summed E-state index contributed by atoms with van der Waals surface area (Å²) in [5.41, 5.74) is 0. The molecule has 3 fully saturated rings. The second-order valence-corrected chi connectivity index (χ2v) is 33.9. The van der Waals surface area contributed by atoms with Crippen molar-refractivity contribution in [1.29, 1.82) is 0 Å². The number of aliphatic carboxylic acids is 1. The van der Waals surface area contributed by atoms with E-state index in [1.54, 1.807) is 0 Å². The highest BCUT2D eigenvalue weighted by atomic mass is 16.8. The lowest BCUT2D eigenvalue weighted by molar-refractivity contribution is -0.386.